The summed E-state index contributed by atoms with van der Waals surface area (Å²) in [6.45, 7) is 39.4. The zero-order valence-corrected chi connectivity index (χ0v) is 61.8. The first-order chi connectivity index (χ1) is 40.6. The van der Waals surface area contributed by atoms with E-state index in [1.54, 1.807) is 89.9 Å². The molecule has 0 radical (unpaired) electrons. The Hall–Kier alpha value is 0. The predicted octanol–water partition coefficient (Wildman–Crippen LogP) is 28.3. The fourth-order valence-corrected chi connectivity index (χ4v) is 25.9. The SMILES string of the molecule is CC1C2CCC(CC2)[C@H]1C.CC1CCC2(CC1)CC(C)(C)CC(C)(C)C2.CC1CCC2(CC1)CCC(C)(C)CC2.CC1CCC2(CCCC2)CC1.CC1CCC2(CCCCC2)CC1.CCC12CC3CC(CC(C3)C1)C2.C[C@@H]1C2CCC(CC2)C1(C)C. The summed E-state index contributed by atoms with van der Waals surface area (Å²) in [4.78, 5) is 0. The third-order valence-corrected chi connectivity index (χ3v) is 32.0. The van der Waals surface area contributed by atoms with Gasteiger partial charge >= 0.3 is 0 Å². The van der Waals surface area contributed by atoms with Crippen molar-refractivity contribution in [2.75, 3.05) is 0 Å². The van der Waals surface area contributed by atoms with Crippen LogP contribution < -0.4 is 0 Å². The van der Waals surface area contributed by atoms with E-state index < -0.39 is 0 Å². The van der Waals surface area contributed by atoms with Gasteiger partial charge in [-0.25, -0.2) is 0 Å². The van der Waals surface area contributed by atoms with E-state index in [0.29, 0.717) is 27.1 Å². The molecule has 0 N–H and O–H groups in total. The quantitative estimate of drug-likeness (QED) is 0.245. The first-order valence-electron chi connectivity index (χ1n) is 40.6. The van der Waals surface area contributed by atoms with Gasteiger partial charge in [0.2, 0.25) is 0 Å². The van der Waals surface area contributed by atoms with Crippen molar-refractivity contribution in [1.82, 2.24) is 0 Å². The fourth-order valence-electron chi connectivity index (χ4n) is 25.9. The first kappa shape index (κ1) is 70.3. The van der Waals surface area contributed by atoms with Crippen LogP contribution in [-0.4, -0.2) is 0 Å². The molecule has 0 amide bonds. The molecular weight excluding hydrogens is 1030 g/mol. The van der Waals surface area contributed by atoms with Crippen LogP contribution in [0.3, 0.4) is 0 Å². The average Bonchev–Trinajstić information content (AvgIpc) is 2.42. The molecule has 0 saturated heterocycles. The van der Waals surface area contributed by atoms with E-state index in [2.05, 4.69) is 111 Å². The van der Waals surface area contributed by atoms with Gasteiger partial charge in [0.25, 0.3) is 0 Å². The molecule has 0 aromatic heterocycles. The first-order valence-corrected chi connectivity index (χ1v) is 40.6. The van der Waals surface area contributed by atoms with E-state index in [-0.39, 0.29) is 0 Å². The van der Waals surface area contributed by atoms with Crippen molar-refractivity contribution in [3.8, 4) is 0 Å². The van der Waals surface area contributed by atoms with Crippen LogP contribution >= 0.6 is 0 Å². The second-order valence-corrected chi connectivity index (χ2v) is 40.9. The fraction of sp³-hybridized carbons (Fsp3) is 1.00. The van der Waals surface area contributed by atoms with Crippen LogP contribution in [0.1, 0.15) is 413 Å². The van der Waals surface area contributed by atoms with Gasteiger partial charge in [-0.05, 0) is 343 Å². The molecule has 18 fully saturated rings. The normalized spacial score (nSPS) is 40.4. The van der Waals surface area contributed by atoms with Crippen molar-refractivity contribution < 1.29 is 0 Å². The predicted molar refractivity (Wildman–Crippen MR) is 379 cm³/mol. The van der Waals surface area contributed by atoms with Crippen molar-refractivity contribution >= 4 is 0 Å². The zero-order valence-electron chi connectivity index (χ0n) is 61.8. The lowest BCUT2D eigenvalue weighted by Gasteiger charge is -2.56. The molecule has 3 atom stereocenters. The largest absolute Gasteiger partial charge is 0.0649 e. The topological polar surface area (TPSA) is 0 Å². The van der Waals surface area contributed by atoms with E-state index in [1.807, 2.05) is 0 Å². The standard InChI is InChI=1S/C16H30.C14H26.C12H20.C12H22.2C11H20.C10H18/c1-13-6-8-16(9-7-13)11-14(2,3)10-15(4,5)12-16;1-12-4-6-14(7-5-12)10-8-13(2,3)9-11-14;1-2-12-6-9-3-10(7-12)5-11(4-9)8-12;1-11-5-9-12(10-6-11)7-3-2-4-8-12;1-8-9-4-6-10(7-5-9)11(8,2)3;1-10-4-8-11(9-5-10)6-2-3-7-11;1-7-8(2)10-5-3-9(7)4-6-10/h13H,6-12H2,1-5H3;12H,4-11H2,1-3H3;9-11H,2-8H2,1H3;11H,2-10H2,1H3;8-10H,4-7H2,1-3H3;10H,2-9H2,1H3;7-10H,3-6H2,1-2H3/t;;;;8-,9?,10?;;7-,8?,9?,10?/m....1.0/s1. The molecule has 0 nitrogen and oxygen atoms in total. The second kappa shape index (κ2) is 29.3. The van der Waals surface area contributed by atoms with Gasteiger partial charge in [0.05, 0.1) is 0 Å². The molecule has 18 rings (SSSR count). The third-order valence-electron chi connectivity index (χ3n) is 32.0. The molecule has 0 heterocycles. The van der Waals surface area contributed by atoms with Crippen molar-refractivity contribution in [1.29, 1.82) is 0 Å². The Morgan fingerprint density at radius 3 is 0.907 bits per heavy atom. The van der Waals surface area contributed by atoms with Gasteiger partial charge in [-0.3, -0.25) is 0 Å². The summed E-state index contributed by atoms with van der Waals surface area (Å²) in [5, 5.41) is 0. The van der Waals surface area contributed by atoms with Gasteiger partial charge in [-0.2, -0.15) is 0 Å². The summed E-state index contributed by atoms with van der Waals surface area (Å²) < 4.78 is 0. The van der Waals surface area contributed by atoms with Crippen LogP contribution in [0, 0.1) is 132 Å². The number of hydrogen-bond donors (Lipinski definition) is 0. The minimum absolute atomic E-state index is 0.572. The number of fused-ring (bicyclic) bond motifs is 6. The molecular formula is C86H156. The summed E-state index contributed by atoms with van der Waals surface area (Å²) in [5.74, 6) is 14.9. The van der Waals surface area contributed by atoms with Gasteiger partial charge in [-0.1, -0.05) is 201 Å². The molecule has 4 spiro atoms. The zero-order chi connectivity index (χ0) is 61.8. The molecule has 0 heteroatoms. The summed E-state index contributed by atoms with van der Waals surface area (Å²) in [6, 6.07) is 0. The van der Waals surface area contributed by atoms with E-state index in [0.717, 1.165) is 105 Å². The summed E-state index contributed by atoms with van der Waals surface area (Å²) in [7, 11) is 0. The molecule has 18 aliphatic rings. The summed E-state index contributed by atoms with van der Waals surface area (Å²) in [6.07, 6.45) is 71.7. The molecule has 500 valence electrons. The van der Waals surface area contributed by atoms with Crippen molar-refractivity contribution in [2.45, 2.75) is 413 Å². The highest BCUT2D eigenvalue weighted by Crippen LogP contribution is 2.63. The van der Waals surface area contributed by atoms with Gasteiger partial charge in [-0.15, -0.1) is 0 Å². The van der Waals surface area contributed by atoms with Gasteiger partial charge in [0.1, 0.15) is 0 Å². The number of rotatable bonds is 1. The molecule has 0 aromatic rings. The molecule has 0 aliphatic heterocycles. The summed E-state index contributed by atoms with van der Waals surface area (Å²) in [5.41, 5.74) is 6.48. The van der Waals surface area contributed by atoms with Crippen molar-refractivity contribution in [3.05, 3.63) is 0 Å². The molecule has 18 saturated carbocycles. The Kier molecular flexibility index (Phi) is 24.0. The summed E-state index contributed by atoms with van der Waals surface area (Å²) >= 11 is 0. The lowest BCUT2D eigenvalue weighted by atomic mass is 9.49. The Morgan fingerprint density at radius 1 is 0.291 bits per heavy atom. The van der Waals surface area contributed by atoms with Crippen LogP contribution in [0.15, 0.2) is 0 Å². The maximum absolute atomic E-state index is 2.49. The Balaban J connectivity index is 0.000000120. The third kappa shape index (κ3) is 18.5. The smallest absolute Gasteiger partial charge is 0.0287 e. The second-order valence-electron chi connectivity index (χ2n) is 40.9. The van der Waals surface area contributed by atoms with Crippen LogP contribution in [0.25, 0.3) is 0 Å². The Labute approximate surface area is 541 Å². The molecule has 18 aliphatic carbocycles. The van der Waals surface area contributed by atoms with Gasteiger partial charge in [0.15, 0.2) is 0 Å². The van der Waals surface area contributed by atoms with Crippen LogP contribution in [0.2, 0.25) is 0 Å². The maximum Gasteiger partial charge on any atom is -0.0287 e. The molecule has 1 unspecified atom stereocenters. The van der Waals surface area contributed by atoms with Crippen molar-refractivity contribution in [2.24, 2.45) is 132 Å². The molecule has 0 aromatic carbocycles. The Bertz CT molecular complexity index is 1870. The highest BCUT2D eigenvalue weighted by atomic mass is 14.6. The Morgan fingerprint density at radius 2 is 0.605 bits per heavy atom. The monoisotopic (exact) mass is 1190 g/mol. The van der Waals surface area contributed by atoms with Crippen LogP contribution in [0.4, 0.5) is 0 Å². The van der Waals surface area contributed by atoms with E-state index in [9.17, 15) is 0 Å². The minimum atomic E-state index is 0.572. The maximum atomic E-state index is 2.49. The van der Waals surface area contributed by atoms with Crippen molar-refractivity contribution in [3.63, 3.8) is 0 Å². The van der Waals surface area contributed by atoms with E-state index in [4.69, 9.17) is 0 Å². The van der Waals surface area contributed by atoms with Gasteiger partial charge < -0.3 is 0 Å². The lowest BCUT2D eigenvalue weighted by Crippen LogP contribution is -2.45. The van der Waals surface area contributed by atoms with Gasteiger partial charge in [0, 0.05) is 0 Å². The highest BCUT2D eigenvalue weighted by Gasteiger charge is 2.51. The van der Waals surface area contributed by atoms with E-state index >= 15 is 0 Å². The number of hydrogen-bond acceptors (Lipinski definition) is 0. The van der Waals surface area contributed by atoms with Crippen LogP contribution in [-0.2, 0) is 0 Å². The molecule has 8 bridgehead atoms. The van der Waals surface area contributed by atoms with E-state index in [1.165, 1.54) is 212 Å². The average molecular weight is 1190 g/mol. The highest BCUT2D eigenvalue weighted by molar-refractivity contribution is 5.02. The van der Waals surface area contributed by atoms with Crippen LogP contribution in [0.5, 0.6) is 0 Å². The minimum Gasteiger partial charge on any atom is -0.0649 e. The lowest BCUT2D eigenvalue weighted by molar-refractivity contribution is -0.0545. The molecule has 86 heavy (non-hydrogen) atoms.